The summed E-state index contributed by atoms with van der Waals surface area (Å²) >= 11 is 6.02. The molecule has 1 aliphatic heterocycles. The second-order valence-electron chi connectivity index (χ2n) is 6.84. The van der Waals surface area contributed by atoms with Crippen molar-refractivity contribution in [3.05, 3.63) is 58.9 Å². The molecule has 1 saturated heterocycles. The van der Waals surface area contributed by atoms with Gasteiger partial charge in [0, 0.05) is 42.8 Å². The molecule has 0 aromatic heterocycles. The summed E-state index contributed by atoms with van der Waals surface area (Å²) in [6, 6.07) is 9.95. The number of carbonyl (C=O) groups excluding carboxylic acids is 2. The zero-order valence-corrected chi connectivity index (χ0v) is 17.1. The van der Waals surface area contributed by atoms with Crippen molar-refractivity contribution in [2.75, 3.05) is 18.5 Å². The van der Waals surface area contributed by atoms with E-state index in [0.717, 1.165) is 0 Å². The van der Waals surface area contributed by atoms with Crippen LogP contribution in [0.4, 0.5) is 10.1 Å². The Balaban J connectivity index is 1.75. The van der Waals surface area contributed by atoms with E-state index in [1.807, 2.05) is 0 Å². The highest BCUT2D eigenvalue weighted by atomic mass is 35.5. The van der Waals surface area contributed by atoms with Crippen LogP contribution in [-0.4, -0.2) is 38.7 Å². The summed E-state index contributed by atoms with van der Waals surface area (Å²) in [6.07, 6.45) is -0.0339. The topological polar surface area (TPSA) is 101 Å². The minimum absolute atomic E-state index is 0.0318. The smallest absolute Gasteiger partial charge is 0.238 e. The lowest BCUT2D eigenvalue weighted by atomic mass is 10.1. The fourth-order valence-corrected chi connectivity index (χ4v) is 4.04. The van der Waals surface area contributed by atoms with Crippen molar-refractivity contribution in [1.82, 2.24) is 4.90 Å². The molecule has 1 heterocycles. The van der Waals surface area contributed by atoms with Gasteiger partial charge in [-0.25, -0.2) is 17.9 Å². The van der Waals surface area contributed by atoms with Crippen LogP contribution < -0.4 is 10.0 Å². The van der Waals surface area contributed by atoms with E-state index in [0.29, 0.717) is 5.69 Å². The Labute approximate surface area is 172 Å². The molecule has 2 amide bonds. The third-order valence-corrected chi connectivity index (χ3v) is 6.03. The lowest BCUT2D eigenvalue weighted by molar-refractivity contribution is -0.135. The van der Waals surface area contributed by atoms with Gasteiger partial charge in [0.25, 0.3) is 0 Å². The van der Waals surface area contributed by atoms with Gasteiger partial charge in [-0.2, -0.15) is 0 Å². The van der Waals surface area contributed by atoms with E-state index in [2.05, 4.69) is 0 Å². The number of nitrogens with two attached hydrogens (primary N) is 1. The van der Waals surface area contributed by atoms with E-state index < -0.39 is 21.8 Å². The third-order valence-electron chi connectivity index (χ3n) is 4.77. The Kier molecular flexibility index (Phi) is 5.92. The van der Waals surface area contributed by atoms with Gasteiger partial charge in [0.2, 0.25) is 21.8 Å². The first kappa shape index (κ1) is 21.2. The van der Waals surface area contributed by atoms with Gasteiger partial charge in [-0.1, -0.05) is 23.7 Å². The summed E-state index contributed by atoms with van der Waals surface area (Å²) in [5.74, 6) is -1.80. The second kappa shape index (κ2) is 8.10. The number of rotatable bonds is 5. The number of amides is 2. The van der Waals surface area contributed by atoms with E-state index in [1.54, 1.807) is 6.07 Å². The lowest BCUT2D eigenvalue weighted by Crippen LogP contribution is -2.34. The SMILES string of the molecule is CN(Cc1c(F)cccc1Cl)C(=O)[C@H]1CC(=O)N(c2cccc(S(N)(=O)=O)c2)C1. The molecular formula is C19H19ClFN3O4S. The number of primary sulfonamides is 1. The van der Waals surface area contributed by atoms with Gasteiger partial charge in [0.05, 0.1) is 10.8 Å². The fourth-order valence-electron chi connectivity index (χ4n) is 3.26. The van der Waals surface area contributed by atoms with Crippen molar-refractivity contribution < 1.29 is 22.4 Å². The van der Waals surface area contributed by atoms with Crippen molar-refractivity contribution in [1.29, 1.82) is 0 Å². The number of hydrogen-bond donors (Lipinski definition) is 1. The summed E-state index contributed by atoms with van der Waals surface area (Å²) in [5.41, 5.74) is 0.545. The largest absolute Gasteiger partial charge is 0.341 e. The summed E-state index contributed by atoms with van der Waals surface area (Å²) in [5, 5.41) is 5.35. The van der Waals surface area contributed by atoms with Crippen LogP contribution in [0.15, 0.2) is 47.4 Å². The first-order valence-electron chi connectivity index (χ1n) is 8.69. The van der Waals surface area contributed by atoms with Crippen LogP contribution in [0.1, 0.15) is 12.0 Å². The van der Waals surface area contributed by atoms with Crippen LogP contribution in [0.2, 0.25) is 5.02 Å². The minimum Gasteiger partial charge on any atom is -0.341 e. The molecular weight excluding hydrogens is 421 g/mol. The van der Waals surface area contributed by atoms with Gasteiger partial charge in [-0.3, -0.25) is 9.59 Å². The van der Waals surface area contributed by atoms with E-state index in [1.165, 1.54) is 53.2 Å². The first-order chi connectivity index (χ1) is 13.6. The van der Waals surface area contributed by atoms with E-state index >= 15 is 0 Å². The monoisotopic (exact) mass is 439 g/mol. The van der Waals surface area contributed by atoms with E-state index in [-0.39, 0.29) is 46.8 Å². The van der Waals surface area contributed by atoms with Crippen LogP contribution in [0.25, 0.3) is 0 Å². The number of sulfonamides is 1. The molecule has 2 aromatic rings. The van der Waals surface area contributed by atoms with Crippen LogP contribution in [0, 0.1) is 11.7 Å². The number of halogens is 2. The standard InChI is InChI=1S/C19H19ClFN3O4S/c1-23(11-15-16(20)6-3-7-17(15)21)19(26)12-8-18(25)24(10-12)13-4-2-5-14(9-13)29(22,27)28/h2-7,9,12H,8,10-11H2,1H3,(H2,22,27,28)/t12-/m0/s1. The molecule has 0 spiro atoms. The predicted octanol–water partition coefficient (Wildman–Crippen LogP) is 2.14. The molecule has 3 rings (SSSR count). The molecule has 0 bridgehead atoms. The molecule has 0 saturated carbocycles. The zero-order chi connectivity index (χ0) is 21.3. The van der Waals surface area contributed by atoms with Crippen molar-refractivity contribution in [3.63, 3.8) is 0 Å². The van der Waals surface area contributed by atoms with Crippen molar-refractivity contribution in [2.45, 2.75) is 17.9 Å². The summed E-state index contributed by atoms with van der Waals surface area (Å²) < 4.78 is 37.1. The quantitative estimate of drug-likeness (QED) is 0.771. The van der Waals surface area contributed by atoms with Crippen LogP contribution in [0.5, 0.6) is 0 Å². The fraction of sp³-hybridized carbons (Fsp3) is 0.263. The van der Waals surface area contributed by atoms with Crippen LogP contribution >= 0.6 is 11.6 Å². The highest BCUT2D eigenvalue weighted by Crippen LogP contribution is 2.28. The summed E-state index contributed by atoms with van der Waals surface area (Å²) in [4.78, 5) is 27.8. The number of hydrogen-bond acceptors (Lipinski definition) is 4. The van der Waals surface area contributed by atoms with Crippen molar-refractivity contribution in [2.24, 2.45) is 11.1 Å². The normalized spacial score (nSPS) is 16.9. The highest BCUT2D eigenvalue weighted by molar-refractivity contribution is 7.89. The highest BCUT2D eigenvalue weighted by Gasteiger charge is 2.37. The summed E-state index contributed by atoms with van der Waals surface area (Å²) in [6.45, 7) is 0.0526. The second-order valence-corrected chi connectivity index (χ2v) is 8.81. The van der Waals surface area contributed by atoms with Gasteiger partial charge in [-0.15, -0.1) is 0 Å². The zero-order valence-electron chi connectivity index (χ0n) is 15.5. The minimum atomic E-state index is -3.92. The number of anilines is 1. The third kappa shape index (κ3) is 4.58. The van der Waals surface area contributed by atoms with Crippen LogP contribution in [-0.2, 0) is 26.2 Å². The summed E-state index contributed by atoms with van der Waals surface area (Å²) in [7, 11) is -2.41. The maximum Gasteiger partial charge on any atom is 0.238 e. The van der Waals surface area contributed by atoms with Gasteiger partial charge in [0.15, 0.2) is 0 Å². The van der Waals surface area contributed by atoms with Gasteiger partial charge in [0.1, 0.15) is 5.82 Å². The maximum atomic E-state index is 14.0. The van der Waals surface area contributed by atoms with Gasteiger partial charge in [-0.05, 0) is 30.3 Å². The number of carbonyl (C=O) groups is 2. The van der Waals surface area contributed by atoms with E-state index in [9.17, 15) is 22.4 Å². The Morgan fingerprint density at radius 3 is 2.66 bits per heavy atom. The molecule has 7 nitrogen and oxygen atoms in total. The molecule has 29 heavy (non-hydrogen) atoms. The molecule has 1 fully saturated rings. The molecule has 1 atom stereocenters. The Morgan fingerprint density at radius 2 is 2.00 bits per heavy atom. The average Bonchev–Trinajstić information content (AvgIpc) is 3.05. The van der Waals surface area contributed by atoms with Crippen molar-refractivity contribution >= 4 is 39.1 Å². The molecule has 2 aromatic carbocycles. The molecule has 0 aliphatic carbocycles. The molecule has 1 aliphatic rings. The van der Waals surface area contributed by atoms with Crippen LogP contribution in [0.3, 0.4) is 0 Å². The Morgan fingerprint density at radius 1 is 1.31 bits per heavy atom. The molecule has 0 radical (unpaired) electrons. The predicted molar refractivity (Wildman–Crippen MR) is 106 cm³/mol. The molecule has 2 N–H and O–H groups in total. The van der Waals surface area contributed by atoms with Gasteiger partial charge >= 0.3 is 0 Å². The first-order valence-corrected chi connectivity index (χ1v) is 10.6. The number of nitrogens with zero attached hydrogens (tertiary/aromatic N) is 2. The molecule has 154 valence electrons. The van der Waals surface area contributed by atoms with Crippen molar-refractivity contribution in [3.8, 4) is 0 Å². The Bertz CT molecular complexity index is 1060. The van der Waals surface area contributed by atoms with Gasteiger partial charge < -0.3 is 9.80 Å². The number of benzene rings is 2. The Hall–Kier alpha value is -2.49. The lowest BCUT2D eigenvalue weighted by Gasteiger charge is -2.22. The molecule has 10 heteroatoms. The maximum absolute atomic E-state index is 14.0. The average molecular weight is 440 g/mol. The molecule has 0 unspecified atom stereocenters. The van der Waals surface area contributed by atoms with E-state index in [4.69, 9.17) is 16.7 Å².